The van der Waals surface area contributed by atoms with Crippen LogP contribution in [0.25, 0.3) is 0 Å². The number of likely N-dealkylation sites (tertiary alicyclic amines) is 2. The van der Waals surface area contributed by atoms with Gasteiger partial charge in [-0.2, -0.15) is 0 Å². The molecule has 5 nitrogen and oxygen atoms in total. The summed E-state index contributed by atoms with van der Waals surface area (Å²) in [6, 6.07) is 9.89. The Morgan fingerprint density at radius 2 is 2.05 bits per heavy atom. The first-order valence-corrected chi connectivity index (χ1v) is 6.94. The molecule has 106 valence electrons. The number of hydrogen-bond donors (Lipinski definition) is 1. The van der Waals surface area contributed by atoms with Gasteiger partial charge in [0.25, 0.3) is 0 Å². The van der Waals surface area contributed by atoms with Crippen LogP contribution in [-0.2, 0) is 4.79 Å². The van der Waals surface area contributed by atoms with Gasteiger partial charge in [-0.3, -0.25) is 9.69 Å². The van der Waals surface area contributed by atoms with Gasteiger partial charge in [0.05, 0.1) is 6.04 Å². The molecule has 0 bridgehead atoms. The number of nitrogens with zero attached hydrogens (tertiary/aromatic N) is 2. The van der Waals surface area contributed by atoms with Crippen LogP contribution in [0.2, 0.25) is 0 Å². The number of fused-ring (bicyclic) bond motifs is 1. The number of imide groups is 1. The lowest BCUT2D eigenvalue weighted by Crippen LogP contribution is -2.42. The molecule has 3 atom stereocenters. The minimum absolute atomic E-state index is 0.129. The predicted molar refractivity (Wildman–Crippen MR) is 73.2 cm³/mol. The second-order valence-electron chi connectivity index (χ2n) is 5.55. The smallest absolute Gasteiger partial charge is 0.414 e. The van der Waals surface area contributed by atoms with E-state index in [1.54, 1.807) is 0 Å². The Morgan fingerprint density at radius 1 is 1.35 bits per heavy atom. The van der Waals surface area contributed by atoms with E-state index in [0.29, 0.717) is 6.54 Å². The highest BCUT2D eigenvalue weighted by Gasteiger charge is 2.50. The van der Waals surface area contributed by atoms with Crippen molar-refractivity contribution >= 4 is 12.0 Å². The van der Waals surface area contributed by atoms with Gasteiger partial charge in [0.2, 0.25) is 5.91 Å². The fraction of sp³-hybridized carbons (Fsp3) is 0.467. The van der Waals surface area contributed by atoms with Crippen molar-refractivity contribution in [2.24, 2.45) is 5.92 Å². The molecule has 0 saturated carbocycles. The molecule has 0 radical (unpaired) electrons. The molecule has 2 fully saturated rings. The van der Waals surface area contributed by atoms with Crippen molar-refractivity contribution in [2.45, 2.75) is 25.4 Å². The SMILES string of the molecule is C[C@H](c1ccccc1)N1CC[C@@H]2CN(C(=O)O)C(=O)[C@@H]21. The number of carboxylic acid groups (broad SMARTS) is 1. The third-order valence-electron chi connectivity index (χ3n) is 4.51. The number of rotatable bonds is 2. The van der Waals surface area contributed by atoms with Crippen molar-refractivity contribution in [1.29, 1.82) is 0 Å². The van der Waals surface area contributed by atoms with Gasteiger partial charge in [0, 0.05) is 18.5 Å². The summed E-state index contributed by atoms with van der Waals surface area (Å²) in [5, 5.41) is 9.07. The van der Waals surface area contributed by atoms with E-state index in [4.69, 9.17) is 5.11 Å². The second-order valence-corrected chi connectivity index (χ2v) is 5.55. The molecule has 2 aliphatic rings. The molecule has 3 rings (SSSR count). The lowest BCUT2D eigenvalue weighted by Gasteiger charge is -2.29. The van der Waals surface area contributed by atoms with Gasteiger partial charge in [-0.15, -0.1) is 0 Å². The molecule has 2 saturated heterocycles. The predicted octanol–water partition coefficient (Wildman–Crippen LogP) is 1.96. The molecule has 0 spiro atoms. The van der Waals surface area contributed by atoms with E-state index in [1.165, 1.54) is 0 Å². The quantitative estimate of drug-likeness (QED) is 0.895. The van der Waals surface area contributed by atoms with Crippen molar-refractivity contribution in [1.82, 2.24) is 9.80 Å². The van der Waals surface area contributed by atoms with Crippen LogP contribution < -0.4 is 0 Å². The average molecular weight is 274 g/mol. The zero-order valence-corrected chi connectivity index (χ0v) is 11.4. The molecule has 5 heteroatoms. The molecule has 1 aromatic rings. The van der Waals surface area contributed by atoms with Crippen molar-refractivity contribution in [3.63, 3.8) is 0 Å². The summed E-state index contributed by atoms with van der Waals surface area (Å²) in [7, 11) is 0. The minimum Gasteiger partial charge on any atom is -0.465 e. The number of benzene rings is 1. The Balaban J connectivity index is 1.83. The molecule has 0 unspecified atom stereocenters. The van der Waals surface area contributed by atoms with Crippen LogP contribution in [0.15, 0.2) is 30.3 Å². The van der Waals surface area contributed by atoms with Crippen LogP contribution in [0.5, 0.6) is 0 Å². The van der Waals surface area contributed by atoms with Gasteiger partial charge in [0.15, 0.2) is 0 Å². The Morgan fingerprint density at radius 3 is 2.70 bits per heavy atom. The molecule has 0 aromatic heterocycles. The van der Waals surface area contributed by atoms with E-state index in [2.05, 4.69) is 11.8 Å². The topological polar surface area (TPSA) is 60.9 Å². The summed E-state index contributed by atoms with van der Waals surface area (Å²) >= 11 is 0. The van der Waals surface area contributed by atoms with Gasteiger partial charge in [-0.05, 0) is 25.5 Å². The van der Waals surface area contributed by atoms with Gasteiger partial charge >= 0.3 is 6.09 Å². The van der Waals surface area contributed by atoms with Crippen LogP contribution in [0.4, 0.5) is 4.79 Å². The fourth-order valence-electron chi connectivity index (χ4n) is 3.43. The average Bonchev–Trinajstić information content (AvgIpc) is 3.00. The molecular formula is C15H18N2O3. The monoisotopic (exact) mass is 274 g/mol. The number of carbonyl (C=O) groups excluding carboxylic acids is 1. The third-order valence-corrected chi connectivity index (χ3v) is 4.51. The maximum absolute atomic E-state index is 12.3. The maximum atomic E-state index is 12.3. The molecule has 2 aliphatic heterocycles. The highest BCUT2D eigenvalue weighted by molar-refractivity contribution is 5.96. The fourth-order valence-corrected chi connectivity index (χ4v) is 3.43. The molecular weight excluding hydrogens is 256 g/mol. The van der Waals surface area contributed by atoms with E-state index in [-0.39, 0.29) is 23.9 Å². The lowest BCUT2D eigenvalue weighted by atomic mass is 10.0. The highest BCUT2D eigenvalue weighted by Crippen LogP contribution is 2.37. The summed E-state index contributed by atoms with van der Waals surface area (Å²) < 4.78 is 0. The molecule has 20 heavy (non-hydrogen) atoms. The summed E-state index contributed by atoms with van der Waals surface area (Å²) in [5.41, 5.74) is 1.16. The van der Waals surface area contributed by atoms with Crippen LogP contribution in [-0.4, -0.2) is 46.0 Å². The van der Waals surface area contributed by atoms with Crippen LogP contribution in [0.1, 0.15) is 24.9 Å². The Kier molecular flexibility index (Phi) is 3.22. The number of carbonyl (C=O) groups is 2. The molecule has 1 N–H and O–H groups in total. The van der Waals surface area contributed by atoms with E-state index in [1.807, 2.05) is 30.3 Å². The van der Waals surface area contributed by atoms with E-state index < -0.39 is 6.09 Å². The van der Waals surface area contributed by atoms with Crippen LogP contribution >= 0.6 is 0 Å². The van der Waals surface area contributed by atoms with Crippen molar-refractivity contribution in [3.8, 4) is 0 Å². The lowest BCUT2D eigenvalue weighted by molar-refractivity contribution is -0.130. The first-order valence-electron chi connectivity index (χ1n) is 6.94. The Labute approximate surface area is 117 Å². The van der Waals surface area contributed by atoms with Gasteiger partial charge < -0.3 is 5.11 Å². The summed E-state index contributed by atoms with van der Waals surface area (Å²) in [4.78, 5) is 26.5. The first-order chi connectivity index (χ1) is 9.59. The zero-order chi connectivity index (χ0) is 14.3. The first kappa shape index (κ1) is 13.1. The number of amides is 2. The third kappa shape index (κ3) is 1.98. The van der Waals surface area contributed by atoms with E-state index in [0.717, 1.165) is 23.4 Å². The Bertz CT molecular complexity index is 531. The maximum Gasteiger partial charge on any atom is 0.414 e. The molecule has 2 amide bonds. The van der Waals surface area contributed by atoms with Gasteiger partial charge in [-0.1, -0.05) is 30.3 Å². The van der Waals surface area contributed by atoms with Crippen molar-refractivity contribution in [3.05, 3.63) is 35.9 Å². The highest BCUT2D eigenvalue weighted by atomic mass is 16.4. The van der Waals surface area contributed by atoms with Crippen molar-refractivity contribution in [2.75, 3.05) is 13.1 Å². The summed E-state index contributed by atoms with van der Waals surface area (Å²) in [6.45, 7) is 3.27. The zero-order valence-electron chi connectivity index (χ0n) is 11.4. The largest absolute Gasteiger partial charge is 0.465 e. The minimum atomic E-state index is -1.13. The standard InChI is InChI=1S/C15H18N2O3/c1-10(11-5-3-2-4-6-11)16-8-7-12-9-17(15(19)20)14(18)13(12)16/h2-6,10,12-13H,7-9H2,1H3,(H,19,20)/t10-,12-,13-/m1/s1. The number of hydrogen-bond acceptors (Lipinski definition) is 3. The second kappa shape index (κ2) is 4.90. The molecule has 1 aromatic carbocycles. The van der Waals surface area contributed by atoms with E-state index in [9.17, 15) is 9.59 Å². The summed E-state index contributed by atoms with van der Waals surface area (Å²) in [5.74, 6) is -0.118. The van der Waals surface area contributed by atoms with Crippen LogP contribution in [0.3, 0.4) is 0 Å². The normalized spacial score (nSPS) is 27.6. The molecule has 0 aliphatic carbocycles. The van der Waals surface area contributed by atoms with Gasteiger partial charge in [0.1, 0.15) is 0 Å². The Hall–Kier alpha value is -1.88. The van der Waals surface area contributed by atoms with E-state index >= 15 is 0 Å². The van der Waals surface area contributed by atoms with Crippen LogP contribution in [0, 0.1) is 5.92 Å². The van der Waals surface area contributed by atoms with Crippen molar-refractivity contribution < 1.29 is 14.7 Å². The molecule has 2 heterocycles. The summed E-state index contributed by atoms with van der Waals surface area (Å²) in [6.07, 6.45) is -0.242. The van der Waals surface area contributed by atoms with Gasteiger partial charge in [-0.25, -0.2) is 9.69 Å².